The summed E-state index contributed by atoms with van der Waals surface area (Å²) in [4.78, 5) is 28.3. The van der Waals surface area contributed by atoms with Crippen molar-refractivity contribution in [3.8, 4) is 0 Å². The Morgan fingerprint density at radius 3 is 1.75 bits per heavy atom. The number of aliphatic carboxylic acids is 2. The van der Waals surface area contributed by atoms with E-state index in [4.69, 9.17) is 5.11 Å². The summed E-state index contributed by atoms with van der Waals surface area (Å²) in [7, 11) is 0. The zero-order valence-corrected chi connectivity index (χ0v) is 14.5. The van der Waals surface area contributed by atoms with Crippen LogP contribution in [0.3, 0.4) is 0 Å². The fourth-order valence-corrected chi connectivity index (χ4v) is 3.06. The van der Waals surface area contributed by atoms with Gasteiger partial charge in [-0.1, -0.05) is 20.4 Å². The minimum Gasteiger partial charge on any atom is -0.512 e. The summed E-state index contributed by atoms with van der Waals surface area (Å²) in [5.74, 6) is -1.79. The molecule has 1 rings (SSSR count). The van der Waals surface area contributed by atoms with Crippen LogP contribution in [-0.2, 0) is 9.59 Å². The number of hydrogen-bond donors (Lipinski definition) is 3. The van der Waals surface area contributed by atoms with Gasteiger partial charge in [-0.25, -0.2) is 0 Å². The molecule has 0 aromatic heterocycles. The van der Waals surface area contributed by atoms with Crippen molar-refractivity contribution in [2.24, 2.45) is 5.92 Å². The number of aliphatic hydroxyl groups is 1. The molecule has 1 fully saturated rings. The number of nitrogens with zero attached hydrogens (tertiary/aromatic N) is 3. The average Bonchev–Trinajstić information content (AvgIpc) is 2.51. The second-order valence-electron chi connectivity index (χ2n) is 6.58. The topological polar surface area (TPSA) is 105 Å². The van der Waals surface area contributed by atoms with E-state index >= 15 is 0 Å². The van der Waals surface area contributed by atoms with Crippen LogP contribution in [0.1, 0.15) is 13.8 Å². The molecule has 0 aromatic carbocycles. The minimum absolute atomic E-state index is 0.0456. The maximum atomic E-state index is 11.6. The molecular weight excluding hydrogens is 314 g/mol. The van der Waals surface area contributed by atoms with Crippen LogP contribution in [0, 0.1) is 5.92 Å². The molecule has 138 valence electrons. The predicted octanol–water partition coefficient (Wildman–Crippen LogP) is 0.172. The van der Waals surface area contributed by atoms with Crippen LogP contribution in [-0.4, -0.2) is 100 Å². The summed E-state index contributed by atoms with van der Waals surface area (Å²) in [6.45, 7) is 10.7. The van der Waals surface area contributed by atoms with Crippen LogP contribution in [0.2, 0.25) is 0 Å². The first-order chi connectivity index (χ1) is 11.2. The number of rotatable bonds is 7. The van der Waals surface area contributed by atoms with Gasteiger partial charge in [0.05, 0.1) is 18.8 Å². The first kappa shape index (κ1) is 20.4. The van der Waals surface area contributed by atoms with Crippen LogP contribution in [0.25, 0.3) is 0 Å². The van der Waals surface area contributed by atoms with Gasteiger partial charge >= 0.3 is 11.9 Å². The SMILES string of the molecule is C=C(O)CN1CCN(CC(=O)O)CCN(C(C(=O)O)C(C)C)CC1. The standard InChI is InChI=1S/C16H29N3O5/c1-12(2)15(16(23)24)19-8-6-17(10-13(3)20)4-5-18(7-9-19)11-14(21)22/h12,15,20H,3-11H2,1-2H3,(H,21,22)(H,23,24). The van der Waals surface area contributed by atoms with Gasteiger partial charge in [0.2, 0.25) is 0 Å². The number of aliphatic hydroxyl groups excluding tert-OH is 1. The average molecular weight is 343 g/mol. The maximum absolute atomic E-state index is 11.6. The molecule has 0 amide bonds. The molecule has 8 nitrogen and oxygen atoms in total. The Bertz CT molecular complexity index is 427. The summed E-state index contributed by atoms with van der Waals surface area (Å²) >= 11 is 0. The lowest BCUT2D eigenvalue weighted by Crippen LogP contribution is -2.49. The molecule has 1 atom stereocenters. The second kappa shape index (κ2) is 9.61. The molecule has 0 aromatic rings. The molecule has 1 saturated heterocycles. The van der Waals surface area contributed by atoms with Gasteiger partial charge in [0.25, 0.3) is 0 Å². The molecule has 3 N–H and O–H groups in total. The van der Waals surface area contributed by atoms with Crippen LogP contribution in [0.15, 0.2) is 12.3 Å². The van der Waals surface area contributed by atoms with E-state index in [-0.39, 0.29) is 18.2 Å². The van der Waals surface area contributed by atoms with E-state index < -0.39 is 18.0 Å². The van der Waals surface area contributed by atoms with Gasteiger partial charge in [-0.2, -0.15) is 0 Å². The summed E-state index contributed by atoms with van der Waals surface area (Å²) in [5, 5.41) is 28.0. The fraction of sp³-hybridized carbons (Fsp3) is 0.750. The second-order valence-corrected chi connectivity index (χ2v) is 6.58. The molecule has 24 heavy (non-hydrogen) atoms. The van der Waals surface area contributed by atoms with E-state index in [2.05, 4.69) is 6.58 Å². The minimum atomic E-state index is -0.905. The van der Waals surface area contributed by atoms with Gasteiger partial charge in [-0.15, -0.1) is 0 Å². The molecular formula is C16H29N3O5. The Hall–Kier alpha value is -1.64. The smallest absolute Gasteiger partial charge is 0.321 e. The van der Waals surface area contributed by atoms with Gasteiger partial charge in [0, 0.05) is 39.3 Å². The van der Waals surface area contributed by atoms with Gasteiger partial charge in [0.15, 0.2) is 0 Å². The summed E-state index contributed by atoms with van der Waals surface area (Å²) < 4.78 is 0. The Morgan fingerprint density at radius 2 is 1.38 bits per heavy atom. The van der Waals surface area contributed by atoms with Gasteiger partial charge in [-0.3, -0.25) is 24.3 Å². The number of carbonyl (C=O) groups is 2. The van der Waals surface area contributed by atoms with Gasteiger partial charge in [-0.05, 0) is 5.92 Å². The molecule has 1 unspecified atom stereocenters. The van der Waals surface area contributed by atoms with Crippen LogP contribution in [0.5, 0.6) is 0 Å². The quantitative estimate of drug-likeness (QED) is 0.562. The molecule has 0 spiro atoms. The Balaban J connectivity index is 2.91. The third-order valence-corrected chi connectivity index (χ3v) is 4.18. The lowest BCUT2D eigenvalue weighted by Gasteiger charge is -2.32. The van der Waals surface area contributed by atoms with E-state index in [0.717, 1.165) is 0 Å². The first-order valence-electron chi connectivity index (χ1n) is 8.20. The summed E-state index contributed by atoms with van der Waals surface area (Å²) in [6, 6.07) is -0.617. The highest BCUT2D eigenvalue weighted by Crippen LogP contribution is 2.13. The largest absolute Gasteiger partial charge is 0.512 e. The van der Waals surface area contributed by atoms with Gasteiger partial charge in [0.1, 0.15) is 6.04 Å². The fourth-order valence-electron chi connectivity index (χ4n) is 3.06. The Morgan fingerprint density at radius 1 is 0.917 bits per heavy atom. The Labute approximate surface area is 143 Å². The molecule has 8 heteroatoms. The van der Waals surface area contributed by atoms with Gasteiger partial charge < -0.3 is 15.3 Å². The maximum Gasteiger partial charge on any atom is 0.321 e. The highest BCUT2D eigenvalue weighted by atomic mass is 16.4. The molecule has 1 aliphatic heterocycles. The lowest BCUT2D eigenvalue weighted by molar-refractivity contribution is -0.145. The number of carboxylic acids is 2. The molecule has 1 aliphatic rings. The van der Waals surface area contributed by atoms with Crippen molar-refractivity contribution < 1.29 is 24.9 Å². The highest BCUT2D eigenvalue weighted by Gasteiger charge is 2.30. The zero-order valence-electron chi connectivity index (χ0n) is 14.5. The predicted molar refractivity (Wildman–Crippen MR) is 90.1 cm³/mol. The lowest BCUT2D eigenvalue weighted by atomic mass is 10.0. The normalized spacial score (nSPS) is 20.1. The van der Waals surface area contributed by atoms with E-state index in [9.17, 15) is 19.8 Å². The summed E-state index contributed by atoms with van der Waals surface area (Å²) in [5.41, 5.74) is 0. The zero-order chi connectivity index (χ0) is 18.3. The first-order valence-corrected chi connectivity index (χ1v) is 8.20. The van der Waals surface area contributed by atoms with Crippen LogP contribution in [0.4, 0.5) is 0 Å². The molecule has 0 radical (unpaired) electrons. The van der Waals surface area contributed by atoms with Crippen LogP contribution >= 0.6 is 0 Å². The van der Waals surface area contributed by atoms with Crippen molar-refractivity contribution in [3.63, 3.8) is 0 Å². The van der Waals surface area contributed by atoms with Crippen molar-refractivity contribution in [1.82, 2.24) is 14.7 Å². The molecule has 0 bridgehead atoms. The third-order valence-electron chi connectivity index (χ3n) is 4.18. The van der Waals surface area contributed by atoms with E-state index in [1.165, 1.54) is 0 Å². The van der Waals surface area contributed by atoms with Crippen molar-refractivity contribution >= 4 is 11.9 Å². The van der Waals surface area contributed by atoms with Crippen molar-refractivity contribution in [3.05, 3.63) is 12.3 Å². The third kappa shape index (κ3) is 6.86. The number of carboxylic acid groups (broad SMARTS) is 2. The van der Waals surface area contributed by atoms with Crippen LogP contribution < -0.4 is 0 Å². The van der Waals surface area contributed by atoms with Crippen molar-refractivity contribution in [2.75, 3.05) is 52.4 Å². The van der Waals surface area contributed by atoms with Crippen molar-refractivity contribution in [2.45, 2.75) is 19.9 Å². The number of hydrogen-bond acceptors (Lipinski definition) is 6. The summed E-state index contributed by atoms with van der Waals surface area (Å²) in [6.07, 6.45) is 0. The van der Waals surface area contributed by atoms with E-state index in [1.807, 2.05) is 23.6 Å². The van der Waals surface area contributed by atoms with E-state index in [0.29, 0.717) is 45.8 Å². The molecule has 0 aliphatic carbocycles. The van der Waals surface area contributed by atoms with E-state index in [1.54, 1.807) is 4.90 Å². The Kier molecular flexibility index (Phi) is 8.17. The molecule has 0 saturated carbocycles. The highest BCUT2D eigenvalue weighted by molar-refractivity contribution is 5.73. The monoisotopic (exact) mass is 343 g/mol. The van der Waals surface area contributed by atoms with Crippen molar-refractivity contribution in [1.29, 1.82) is 0 Å². The molecule has 1 heterocycles.